The summed E-state index contributed by atoms with van der Waals surface area (Å²) in [7, 11) is 1.73. The van der Waals surface area contributed by atoms with Gasteiger partial charge in [0, 0.05) is 36.5 Å². The number of nitrogens with zero attached hydrogens (tertiary/aromatic N) is 4. The van der Waals surface area contributed by atoms with Gasteiger partial charge in [-0.1, -0.05) is 29.8 Å². The molecule has 3 aromatic rings. The second kappa shape index (κ2) is 6.58. The third kappa shape index (κ3) is 3.37. The van der Waals surface area contributed by atoms with Gasteiger partial charge in [0.2, 0.25) is 0 Å². The van der Waals surface area contributed by atoms with Crippen molar-refractivity contribution in [3.63, 3.8) is 0 Å². The first-order valence-corrected chi connectivity index (χ1v) is 7.33. The van der Waals surface area contributed by atoms with Gasteiger partial charge in [0.15, 0.2) is 5.82 Å². The molecular formula is C16H14ClN5O. The number of amides is 1. The van der Waals surface area contributed by atoms with E-state index >= 15 is 0 Å². The van der Waals surface area contributed by atoms with Crippen LogP contribution in [-0.4, -0.2) is 38.0 Å². The van der Waals surface area contributed by atoms with E-state index in [4.69, 9.17) is 11.6 Å². The van der Waals surface area contributed by atoms with E-state index in [-0.39, 0.29) is 5.91 Å². The lowest BCUT2D eigenvalue weighted by Crippen LogP contribution is -2.26. The van der Waals surface area contributed by atoms with Crippen molar-refractivity contribution in [2.45, 2.75) is 6.54 Å². The van der Waals surface area contributed by atoms with Crippen LogP contribution in [-0.2, 0) is 6.54 Å². The number of H-pyrrole nitrogens is 1. The third-order valence-corrected chi connectivity index (χ3v) is 3.75. The summed E-state index contributed by atoms with van der Waals surface area (Å²) in [5.41, 5.74) is 2.27. The van der Waals surface area contributed by atoms with Crippen LogP contribution in [0, 0.1) is 0 Å². The molecule has 1 aromatic carbocycles. The maximum Gasteiger partial charge on any atom is 0.253 e. The Kier molecular flexibility index (Phi) is 4.34. The predicted molar refractivity (Wildman–Crippen MR) is 86.9 cm³/mol. The molecule has 0 unspecified atom stereocenters. The molecule has 0 aliphatic heterocycles. The van der Waals surface area contributed by atoms with Gasteiger partial charge in [-0.05, 0) is 18.2 Å². The van der Waals surface area contributed by atoms with Gasteiger partial charge in [0.05, 0.1) is 0 Å². The average molecular weight is 328 g/mol. The standard InChI is InChI=1S/C16H14ClN5O/c1-22(9-13-3-2-8-18-14(13)17)16(23)12-6-4-11(5-7-12)15-19-10-20-21-15/h2-8,10H,9H2,1H3,(H,19,20,21). The van der Waals surface area contributed by atoms with Crippen molar-refractivity contribution in [2.24, 2.45) is 0 Å². The zero-order valence-electron chi connectivity index (χ0n) is 12.4. The Morgan fingerprint density at radius 1 is 1.22 bits per heavy atom. The van der Waals surface area contributed by atoms with Gasteiger partial charge in [-0.15, -0.1) is 0 Å². The number of rotatable bonds is 4. The molecule has 1 amide bonds. The zero-order chi connectivity index (χ0) is 16.2. The molecule has 2 heterocycles. The summed E-state index contributed by atoms with van der Waals surface area (Å²) >= 11 is 6.03. The summed E-state index contributed by atoms with van der Waals surface area (Å²) in [5, 5.41) is 7.01. The topological polar surface area (TPSA) is 74.8 Å². The summed E-state index contributed by atoms with van der Waals surface area (Å²) < 4.78 is 0. The first kappa shape index (κ1) is 15.2. The van der Waals surface area contributed by atoms with Crippen molar-refractivity contribution in [1.29, 1.82) is 0 Å². The van der Waals surface area contributed by atoms with E-state index in [1.54, 1.807) is 36.3 Å². The number of carbonyl (C=O) groups is 1. The second-order valence-corrected chi connectivity index (χ2v) is 5.38. The number of nitrogens with one attached hydrogen (secondary N) is 1. The van der Waals surface area contributed by atoms with Crippen molar-refractivity contribution < 1.29 is 4.79 Å². The molecule has 0 fully saturated rings. The van der Waals surface area contributed by atoms with Crippen LogP contribution < -0.4 is 0 Å². The Bertz CT molecular complexity index is 802. The van der Waals surface area contributed by atoms with Crippen molar-refractivity contribution in [3.05, 3.63) is 65.2 Å². The van der Waals surface area contributed by atoms with Gasteiger partial charge < -0.3 is 4.90 Å². The number of pyridine rings is 1. The molecule has 2 aromatic heterocycles. The molecule has 0 bridgehead atoms. The Morgan fingerprint density at radius 3 is 2.65 bits per heavy atom. The maximum absolute atomic E-state index is 12.5. The first-order chi connectivity index (χ1) is 11.1. The highest BCUT2D eigenvalue weighted by Crippen LogP contribution is 2.17. The van der Waals surface area contributed by atoms with E-state index in [1.165, 1.54) is 6.33 Å². The quantitative estimate of drug-likeness (QED) is 0.748. The average Bonchev–Trinajstić information content (AvgIpc) is 3.11. The molecule has 7 heteroatoms. The molecule has 0 radical (unpaired) electrons. The fraction of sp³-hybridized carbons (Fsp3) is 0.125. The van der Waals surface area contributed by atoms with Crippen LogP contribution in [0.1, 0.15) is 15.9 Å². The highest BCUT2D eigenvalue weighted by Gasteiger charge is 2.14. The molecule has 0 saturated heterocycles. The fourth-order valence-electron chi connectivity index (χ4n) is 2.20. The monoisotopic (exact) mass is 327 g/mol. The normalized spacial score (nSPS) is 10.5. The van der Waals surface area contributed by atoms with Crippen molar-refractivity contribution in [2.75, 3.05) is 7.05 Å². The van der Waals surface area contributed by atoms with E-state index in [0.717, 1.165) is 11.1 Å². The summed E-state index contributed by atoms with van der Waals surface area (Å²) in [4.78, 5) is 22.2. The van der Waals surface area contributed by atoms with Gasteiger partial charge in [0.1, 0.15) is 11.5 Å². The minimum atomic E-state index is -0.0889. The Hall–Kier alpha value is -2.73. The summed E-state index contributed by atoms with van der Waals surface area (Å²) in [5.74, 6) is 0.577. The molecule has 6 nitrogen and oxygen atoms in total. The lowest BCUT2D eigenvalue weighted by atomic mass is 10.1. The number of aromatic nitrogens is 4. The summed E-state index contributed by atoms with van der Waals surface area (Å²) in [6.45, 7) is 0.398. The third-order valence-electron chi connectivity index (χ3n) is 3.41. The number of hydrogen-bond donors (Lipinski definition) is 1. The van der Waals surface area contributed by atoms with Gasteiger partial charge >= 0.3 is 0 Å². The van der Waals surface area contributed by atoms with Crippen LogP contribution in [0.25, 0.3) is 11.4 Å². The molecule has 0 saturated carbocycles. The van der Waals surface area contributed by atoms with Crippen LogP contribution in [0.4, 0.5) is 0 Å². The molecule has 23 heavy (non-hydrogen) atoms. The Labute approximate surface area is 138 Å². The van der Waals surface area contributed by atoms with Crippen molar-refractivity contribution >= 4 is 17.5 Å². The molecule has 116 valence electrons. The van der Waals surface area contributed by atoms with Gasteiger partial charge in [0.25, 0.3) is 5.91 Å². The number of hydrogen-bond acceptors (Lipinski definition) is 4. The highest BCUT2D eigenvalue weighted by molar-refractivity contribution is 6.30. The highest BCUT2D eigenvalue weighted by atomic mass is 35.5. The van der Waals surface area contributed by atoms with Gasteiger partial charge in [-0.3, -0.25) is 9.89 Å². The molecular weight excluding hydrogens is 314 g/mol. The number of aromatic amines is 1. The zero-order valence-corrected chi connectivity index (χ0v) is 13.2. The molecule has 0 aliphatic carbocycles. The van der Waals surface area contributed by atoms with E-state index < -0.39 is 0 Å². The summed E-state index contributed by atoms with van der Waals surface area (Å²) in [6, 6.07) is 10.8. The van der Waals surface area contributed by atoms with Crippen LogP contribution in [0.15, 0.2) is 48.9 Å². The van der Waals surface area contributed by atoms with E-state index in [9.17, 15) is 4.79 Å². The van der Waals surface area contributed by atoms with Crippen LogP contribution in [0.3, 0.4) is 0 Å². The van der Waals surface area contributed by atoms with Gasteiger partial charge in [-0.25, -0.2) is 9.97 Å². The molecule has 0 atom stereocenters. The van der Waals surface area contributed by atoms with Gasteiger partial charge in [-0.2, -0.15) is 5.10 Å². The molecule has 0 spiro atoms. The molecule has 0 aliphatic rings. The van der Waals surface area contributed by atoms with Crippen molar-refractivity contribution in [1.82, 2.24) is 25.1 Å². The minimum Gasteiger partial charge on any atom is -0.337 e. The lowest BCUT2D eigenvalue weighted by molar-refractivity contribution is 0.0785. The number of carbonyl (C=O) groups excluding carboxylic acids is 1. The maximum atomic E-state index is 12.5. The van der Waals surface area contributed by atoms with E-state index in [0.29, 0.717) is 23.1 Å². The largest absolute Gasteiger partial charge is 0.337 e. The predicted octanol–water partition coefficient (Wildman–Crippen LogP) is 2.79. The molecule has 1 N–H and O–H groups in total. The molecule has 3 rings (SSSR count). The Balaban J connectivity index is 1.73. The second-order valence-electron chi connectivity index (χ2n) is 5.03. The Morgan fingerprint density at radius 2 is 2.00 bits per heavy atom. The number of halogens is 1. The lowest BCUT2D eigenvalue weighted by Gasteiger charge is -2.17. The van der Waals surface area contributed by atoms with Crippen LogP contribution in [0.5, 0.6) is 0 Å². The SMILES string of the molecule is CN(Cc1cccnc1Cl)C(=O)c1ccc(-c2ncn[nH]2)cc1. The van der Waals surface area contributed by atoms with Crippen LogP contribution >= 0.6 is 11.6 Å². The van der Waals surface area contributed by atoms with E-state index in [2.05, 4.69) is 20.2 Å². The van der Waals surface area contributed by atoms with E-state index in [1.807, 2.05) is 18.2 Å². The smallest absolute Gasteiger partial charge is 0.253 e. The van der Waals surface area contributed by atoms with Crippen molar-refractivity contribution in [3.8, 4) is 11.4 Å². The fourth-order valence-corrected chi connectivity index (χ4v) is 2.38. The van der Waals surface area contributed by atoms with Crippen LogP contribution in [0.2, 0.25) is 5.15 Å². The minimum absolute atomic E-state index is 0.0889. The summed E-state index contributed by atoms with van der Waals surface area (Å²) in [6.07, 6.45) is 3.07. The first-order valence-electron chi connectivity index (χ1n) is 6.96. The number of benzene rings is 1.